The van der Waals surface area contributed by atoms with Crippen LogP contribution in [-0.2, 0) is 6.54 Å². The third-order valence-corrected chi connectivity index (χ3v) is 4.09. The number of hydrogen-bond donors (Lipinski definition) is 1. The normalized spacial score (nSPS) is 12.7. The number of aryl methyl sites for hydroxylation is 1. The van der Waals surface area contributed by atoms with Crippen molar-refractivity contribution in [2.24, 2.45) is 5.73 Å². The highest BCUT2D eigenvalue weighted by Crippen LogP contribution is 2.29. The first-order valence-electron chi connectivity index (χ1n) is 5.96. The average Bonchev–Trinajstić information content (AvgIpc) is 2.70. The molecule has 1 aromatic heterocycles. The SMILES string of the molecule is CCCn1ncc(Cl)c1C(N)c1ccc(F)cc1I. The molecule has 0 radical (unpaired) electrons. The van der Waals surface area contributed by atoms with Crippen LogP contribution in [0.3, 0.4) is 0 Å². The summed E-state index contributed by atoms with van der Waals surface area (Å²) in [5.41, 5.74) is 7.89. The van der Waals surface area contributed by atoms with Gasteiger partial charge in [-0.2, -0.15) is 5.10 Å². The second kappa shape index (κ2) is 6.19. The van der Waals surface area contributed by atoms with Gasteiger partial charge in [0.25, 0.3) is 0 Å². The van der Waals surface area contributed by atoms with E-state index in [1.165, 1.54) is 12.1 Å². The van der Waals surface area contributed by atoms with Gasteiger partial charge in [-0.15, -0.1) is 0 Å². The number of hydrogen-bond acceptors (Lipinski definition) is 2. The minimum atomic E-state index is -0.408. The summed E-state index contributed by atoms with van der Waals surface area (Å²) in [5, 5.41) is 4.77. The molecular weight excluding hydrogens is 380 g/mol. The Morgan fingerprint density at radius 1 is 1.53 bits per heavy atom. The second-order valence-electron chi connectivity index (χ2n) is 4.24. The lowest BCUT2D eigenvalue weighted by atomic mass is 10.0. The van der Waals surface area contributed by atoms with E-state index in [-0.39, 0.29) is 5.82 Å². The monoisotopic (exact) mass is 393 g/mol. The number of rotatable bonds is 4. The van der Waals surface area contributed by atoms with E-state index in [1.807, 2.05) is 4.68 Å². The summed E-state index contributed by atoms with van der Waals surface area (Å²) < 4.78 is 15.7. The Morgan fingerprint density at radius 2 is 2.26 bits per heavy atom. The zero-order chi connectivity index (χ0) is 14.0. The van der Waals surface area contributed by atoms with Gasteiger partial charge in [-0.25, -0.2) is 4.39 Å². The van der Waals surface area contributed by atoms with Crippen molar-refractivity contribution in [1.29, 1.82) is 0 Å². The molecule has 1 atom stereocenters. The molecule has 6 heteroatoms. The van der Waals surface area contributed by atoms with Crippen LogP contribution in [0.2, 0.25) is 5.02 Å². The Kier molecular flexibility index (Phi) is 4.81. The Hall–Kier alpha value is -0.660. The molecule has 0 spiro atoms. The van der Waals surface area contributed by atoms with Crippen LogP contribution in [0.1, 0.15) is 30.6 Å². The molecule has 0 aliphatic rings. The fourth-order valence-electron chi connectivity index (χ4n) is 1.97. The number of nitrogens with two attached hydrogens (primary N) is 1. The van der Waals surface area contributed by atoms with E-state index in [4.69, 9.17) is 17.3 Å². The van der Waals surface area contributed by atoms with Crippen LogP contribution < -0.4 is 5.73 Å². The first-order valence-corrected chi connectivity index (χ1v) is 7.42. The summed E-state index contributed by atoms with van der Waals surface area (Å²) in [7, 11) is 0. The molecule has 2 aromatic rings. The summed E-state index contributed by atoms with van der Waals surface area (Å²) in [6.45, 7) is 2.82. The minimum Gasteiger partial charge on any atom is -0.319 e. The lowest BCUT2D eigenvalue weighted by molar-refractivity contribution is 0.558. The molecule has 0 amide bonds. The van der Waals surface area contributed by atoms with E-state index in [9.17, 15) is 4.39 Å². The van der Waals surface area contributed by atoms with Crippen LogP contribution in [0.5, 0.6) is 0 Å². The molecule has 0 bridgehead atoms. The molecule has 1 heterocycles. The maximum Gasteiger partial charge on any atom is 0.124 e. The average molecular weight is 394 g/mol. The Morgan fingerprint density at radius 3 is 2.89 bits per heavy atom. The van der Waals surface area contributed by atoms with Crippen molar-refractivity contribution in [2.75, 3.05) is 0 Å². The van der Waals surface area contributed by atoms with Crippen molar-refractivity contribution < 1.29 is 4.39 Å². The molecule has 0 aliphatic heterocycles. The number of halogens is 3. The van der Waals surface area contributed by atoms with Crippen molar-refractivity contribution in [2.45, 2.75) is 25.9 Å². The number of benzene rings is 1. The van der Waals surface area contributed by atoms with Crippen molar-refractivity contribution in [3.8, 4) is 0 Å². The van der Waals surface area contributed by atoms with E-state index in [0.717, 1.165) is 27.8 Å². The smallest absolute Gasteiger partial charge is 0.124 e. The Labute approximate surface area is 130 Å². The van der Waals surface area contributed by atoms with Crippen LogP contribution in [0.4, 0.5) is 4.39 Å². The van der Waals surface area contributed by atoms with Gasteiger partial charge in [-0.05, 0) is 46.7 Å². The molecule has 2 rings (SSSR count). The fourth-order valence-corrected chi connectivity index (χ4v) is 3.04. The summed E-state index contributed by atoms with van der Waals surface area (Å²) >= 11 is 8.25. The van der Waals surface area contributed by atoms with E-state index < -0.39 is 6.04 Å². The van der Waals surface area contributed by atoms with Crippen molar-refractivity contribution in [3.63, 3.8) is 0 Å². The standard InChI is InChI=1S/C13H14ClFIN3/c1-2-5-19-13(10(14)7-18-19)12(17)9-4-3-8(15)6-11(9)16/h3-4,6-7,12H,2,5,17H2,1H3. The summed E-state index contributed by atoms with van der Waals surface area (Å²) in [6, 6.07) is 4.16. The van der Waals surface area contributed by atoms with Gasteiger partial charge in [-0.3, -0.25) is 4.68 Å². The molecule has 2 N–H and O–H groups in total. The highest BCUT2D eigenvalue weighted by Gasteiger charge is 2.20. The predicted molar refractivity (Wildman–Crippen MR) is 82.7 cm³/mol. The van der Waals surface area contributed by atoms with Gasteiger partial charge >= 0.3 is 0 Å². The van der Waals surface area contributed by atoms with E-state index in [0.29, 0.717) is 5.02 Å². The van der Waals surface area contributed by atoms with Gasteiger partial charge in [0.2, 0.25) is 0 Å². The summed E-state index contributed by atoms with van der Waals surface area (Å²) in [4.78, 5) is 0. The topological polar surface area (TPSA) is 43.8 Å². The molecule has 0 saturated heterocycles. The van der Waals surface area contributed by atoms with Gasteiger partial charge in [0.15, 0.2) is 0 Å². The third-order valence-electron chi connectivity index (χ3n) is 2.86. The molecule has 0 fully saturated rings. The molecule has 1 aromatic carbocycles. The number of nitrogens with zero attached hydrogens (tertiary/aromatic N) is 2. The molecule has 0 aliphatic carbocycles. The zero-order valence-corrected chi connectivity index (χ0v) is 13.3. The lowest BCUT2D eigenvalue weighted by Gasteiger charge is -2.16. The van der Waals surface area contributed by atoms with Gasteiger partial charge in [-0.1, -0.05) is 24.6 Å². The van der Waals surface area contributed by atoms with E-state index in [1.54, 1.807) is 12.3 Å². The first-order chi connectivity index (χ1) is 9.04. The van der Waals surface area contributed by atoms with Crippen LogP contribution in [0.15, 0.2) is 24.4 Å². The zero-order valence-electron chi connectivity index (χ0n) is 10.4. The van der Waals surface area contributed by atoms with Gasteiger partial charge in [0.1, 0.15) is 5.82 Å². The highest BCUT2D eigenvalue weighted by molar-refractivity contribution is 14.1. The maximum atomic E-state index is 13.1. The molecule has 3 nitrogen and oxygen atoms in total. The van der Waals surface area contributed by atoms with Gasteiger partial charge < -0.3 is 5.73 Å². The molecular formula is C13H14ClFIN3. The Balaban J connectivity index is 2.43. The van der Waals surface area contributed by atoms with Crippen molar-refractivity contribution in [1.82, 2.24) is 9.78 Å². The lowest BCUT2D eigenvalue weighted by Crippen LogP contribution is -2.19. The fraction of sp³-hybridized carbons (Fsp3) is 0.308. The summed E-state index contributed by atoms with van der Waals surface area (Å²) in [6.07, 6.45) is 2.54. The summed E-state index contributed by atoms with van der Waals surface area (Å²) in [5.74, 6) is -0.270. The Bertz CT molecular complexity index is 585. The minimum absolute atomic E-state index is 0.270. The number of aromatic nitrogens is 2. The maximum absolute atomic E-state index is 13.1. The van der Waals surface area contributed by atoms with E-state index >= 15 is 0 Å². The molecule has 102 valence electrons. The predicted octanol–water partition coefficient (Wildman–Crippen LogP) is 3.74. The molecule has 1 unspecified atom stereocenters. The third kappa shape index (κ3) is 3.09. The van der Waals surface area contributed by atoms with Crippen LogP contribution >= 0.6 is 34.2 Å². The van der Waals surface area contributed by atoms with Crippen LogP contribution in [0, 0.1) is 9.39 Å². The van der Waals surface area contributed by atoms with Crippen LogP contribution in [0.25, 0.3) is 0 Å². The second-order valence-corrected chi connectivity index (χ2v) is 5.81. The van der Waals surface area contributed by atoms with Crippen molar-refractivity contribution in [3.05, 3.63) is 50.1 Å². The quantitative estimate of drug-likeness (QED) is 0.804. The van der Waals surface area contributed by atoms with Crippen LogP contribution in [-0.4, -0.2) is 9.78 Å². The molecule has 19 heavy (non-hydrogen) atoms. The first kappa shape index (κ1) is 14.7. The van der Waals surface area contributed by atoms with Gasteiger partial charge in [0, 0.05) is 10.1 Å². The van der Waals surface area contributed by atoms with E-state index in [2.05, 4.69) is 34.6 Å². The molecule has 0 saturated carbocycles. The highest BCUT2D eigenvalue weighted by atomic mass is 127. The largest absolute Gasteiger partial charge is 0.319 e. The van der Waals surface area contributed by atoms with Crippen molar-refractivity contribution >= 4 is 34.2 Å². The van der Waals surface area contributed by atoms with Gasteiger partial charge in [0.05, 0.1) is 23.0 Å².